The van der Waals surface area contributed by atoms with E-state index in [1.807, 2.05) is 12.1 Å². The Kier molecular flexibility index (Phi) is 5.37. The lowest BCUT2D eigenvalue weighted by Gasteiger charge is -2.15. The van der Waals surface area contributed by atoms with Gasteiger partial charge in [0.1, 0.15) is 12.0 Å². The predicted octanol–water partition coefficient (Wildman–Crippen LogP) is 3.82. The lowest BCUT2D eigenvalue weighted by Crippen LogP contribution is -2.26. The van der Waals surface area contributed by atoms with Crippen LogP contribution < -0.4 is 14.2 Å². The fraction of sp³-hybridized carbons (Fsp3) is 0.273. The van der Waals surface area contributed by atoms with Crippen molar-refractivity contribution < 1.29 is 23.4 Å². The van der Waals surface area contributed by atoms with Crippen molar-refractivity contribution in [1.29, 1.82) is 0 Å². The van der Waals surface area contributed by atoms with Crippen LogP contribution in [0.25, 0.3) is 0 Å². The first-order valence-electron chi connectivity index (χ1n) is 9.42. The van der Waals surface area contributed by atoms with Crippen molar-refractivity contribution in [3.05, 3.63) is 71.4 Å². The number of ether oxygens (including phenoxy) is 3. The van der Waals surface area contributed by atoms with Crippen LogP contribution in [0.15, 0.2) is 53.1 Å². The molecule has 1 aliphatic heterocycles. The molecule has 2 heterocycles. The highest BCUT2D eigenvalue weighted by Crippen LogP contribution is 2.35. The average molecular weight is 394 g/mol. The molecular weight excluding hydrogens is 372 g/mol. The number of aryl methyl sites for hydroxylation is 1. The van der Waals surface area contributed by atoms with Gasteiger partial charge < -0.3 is 23.5 Å². The maximum Gasteiger partial charge on any atom is 0.275 e. The first-order chi connectivity index (χ1) is 14.1. The van der Waals surface area contributed by atoms with E-state index in [2.05, 4.69) is 24.0 Å². The number of carbonyl (C=O) groups excluding carboxylic acids is 1. The molecule has 0 saturated carbocycles. The summed E-state index contributed by atoms with van der Waals surface area (Å²) >= 11 is 0. The molecule has 0 atom stereocenters. The van der Waals surface area contributed by atoms with Crippen LogP contribution in [0.4, 0.5) is 0 Å². The lowest BCUT2D eigenvalue weighted by molar-refractivity contribution is 0.0779. The summed E-state index contributed by atoms with van der Waals surface area (Å²) in [7, 11) is 1.74. The average Bonchev–Trinajstić information content (AvgIpc) is 3.41. The summed E-state index contributed by atoms with van der Waals surface area (Å²) in [6.45, 7) is 2.93. The van der Waals surface area contributed by atoms with Crippen molar-refractivity contribution in [2.24, 2.45) is 0 Å². The Labute approximate surface area is 168 Å². The Morgan fingerprint density at radius 2 is 1.86 bits per heavy atom. The van der Waals surface area contributed by atoms with Crippen LogP contribution in [0.2, 0.25) is 0 Å². The largest absolute Gasteiger partial charge is 0.484 e. The van der Waals surface area contributed by atoms with E-state index < -0.39 is 0 Å². The molecule has 2 aromatic carbocycles. The summed E-state index contributed by atoms with van der Waals surface area (Å²) in [5.41, 5.74) is 2.58. The van der Waals surface area contributed by atoms with Gasteiger partial charge in [-0.2, -0.15) is 0 Å². The van der Waals surface area contributed by atoms with Gasteiger partial charge in [0.05, 0.1) is 0 Å². The molecular formula is C22H22N2O5. The second-order valence-electron chi connectivity index (χ2n) is 6.76. The van der Waals surface area contributed by atoms with Gasteiger partial charge in [-0.25, -0.2) is 4.98 Å². The van der Waals surface area contributed by atoms with E-state index in [-0.39, 0.29) is 25.0 Å². The number of benzene rings is 2. The van der Waals surface area contributed by atoms with E-state index in [1.165, 1.54) is 11.8 Å². The smallest absolute Gasteiger partial charge is 0.275 e. The van der Waals surface area contributed by atoms with Crippen LogP contribution in [0, 0.1) is 0 Å². The van der Waals surface area contributed by atoms with Crippen LogP contribution in [0.5, 0.6) is 17.2 Å². The summed E-state index contributed by atoms with van der Waals surface area (Å²) in [6.07, 6.45) is 2.35. The zero-order chi connectivity index (χ0) is 20.2. The third-order valence-electron chi connectivity index (χ3n) is 4.67. The fourth-order valence-corrected chi connectivity index (χ4v) is 3.01. The minimum absolute atomic E-state index is 0.106. The Morgan fingerprint density at radius 3 is 2.66 bits per heavy atom. The molecule has 0 N–H and O–H groups in total. The molecule has 0 radical (unpaired) electrons. The number of hydrogen-bond donors (Lipinski definition) is 0. The molecule has 150 valence electrons. The van der Waals surface area contributed by atoms with Gasteiger partial charge in [-0.1, -0.05) is 31.2 Å². The second kappa shape index (κ2) is 8.26. The highest BCUT2D eigenvalue weighted by atomic mass is 16.7. The molecule has 0 fully saturated rings. The number of hydrogen-bond acceptors (Lipinski definition) is 6. The third-order valence-corrected chi connectivity index (χ3v) is 4.67. The highest BCUT2D eigenvalue weighted by molar-refractivity contribution is 5.91. The molecule has 0 saturated heterocycles. The first-order valence-corrected chi connectivity index (χ1v) is 9.42. The molecule has 7 nitrogen and oxygen atoms in total. The molecule has 0 unspecified atom stereocenters. The normalized spacial score (nSPS) is 12.1. The van der Waals surface area contributed by atoms with Gasteiger partial charge in [-0.3, -0.25) is 4.79 Å². The van der Waals surface area contributed by atoms with Crippen molar-refractivity contribution in [1.82, 2.24) is 9.88 Å². The standard InChI is InChI=1S/C22H22N2O5/c1-3-15-4-6-16(7-5-15)11-24(2)22(25)18-12-27-21(23-18)13-26-17-8-9-19-20(10-17)29-14-28-19/h4-10,12H,3,11,13-14H2,1-2H3. The molecule has 1 amide bonds. The second-order valence-corrected chi connectivity index (χ2v) is 6.76. The van der Waals surface area contributed by atoms with Gasteiger partial charge in [0.15, 0.2) is 23.8 Å². The van der Waals surface area contributed by atoms with Crippen molar-refractivity contribution in [3.8, 4) is 17.2 Å². The zero-order valence-electron chi connectivity index (χ0n) is 16.4. The number of oxazole rings is 1. The number of aromatic nitrogens is 1. The highest BCUT2D eigenvalue weighted by Gasteiger charge is 2.18. The topological polar surface area (TPSA) is 74.0 Å². The number of nitrogens with zero attached hydrogens (tertiary/aromatic N) is 2. The molecule has 1 aromatic heterocycles. The molecule has 3 aromatic rings. The summed E-state index contributed by atoms with van der Waals surface area (Å²) in [4.78, 5) is 18.5. The predicted molar refractivity (Wildman–Crippen MR) is 105 cm³/mol. The molecule has 4 rings (SSSR count). The monoisotopic (exact) mass is 394 g/mol. The Balaban J connectivity index is 1.34. The molecule has 29 heavy (non-hydrogen) atoms. The van der Waals surface area contributed by atoms with Crippen LogP contribution in [-0.2, 0) is 19.6 Å². The maximum absolute atomic E-state index is 12.6. The van der Waals surface area contributed by atoms with Gasteiger partial charge in [0.25, 0.3) is 5.91 Å². The molecule has 0 aliphatic carbocycles. The minimum atomic E-state index is -0.206. The number of amides is 1. The molecule has 7 heteroatoms. The van der Waals surface area contributed by atoms with E-state index in [0.717, 1.165) is 12.0 Å². The van der Waals surface area contributed by atoms with Crippen LogP contribution >= 0.6 is 0 Å². The van der Waals surface area contributed by atoms with E-state index >= 15 is 0 Å². The van der Waals surface area contributed by atoms with Gasteiger partial charge in [-0.05, 0) is 29.7 Å². The summed E-state index contributed by atoms with van der Waals surface area (Å²) in [5, 5.41) is 0. The SMILES string of the molecule is CCc1ccc(CN(C)C(=O)c2coc(COc3ccc4c(c3)OCO4)n2)cc1. The van der Waals surface area contributed by atoms with Gasteiger partial charge in [0, 0.05) is 19.7 Å². The van der Waals surface area contributed by atoms with E-state index in [9.17, 15) is 4.79 Å². The summed E-state index contributed by atoms with van der Waals surface area (Å²) < 4.78 is 21.7. The maximum atomic E-state index is 12.6. The van der Waals surface area contributed by atoms with Crippen LogP contribution in [0.1, 0.15) is 34.4 Å². The Morgan fingerprint density at radius 1 is 1.10 bits per heavy atom. The van der Waals surface area contributed by atoms with Crippen molar-refractivity contribution >= 4 is 5.91 Å². The summed E-state index contributed by atoms with van der Waals surface area (Å²) in [6, 6.07) is 13.5. The quantitative estimate of drug-likeness (QED) is 0.607. The van der Waals surface area contributed by atoms with Gasteiger partial charge >= 0.3 is 0 Å². The third kappa shape index (κ3) is 4.34. The summed E-state index contributed by atoms with van der Waals surface area (Å²) in [5.74, 6) is 2.05. The van der Waals surface area contributed by atoms with E-state index in [4.69, 9.17) is 18.6 Å². The molecule has 0 bridgehead atoms. The van der Waals surface area contributed by atoms with Crippen molar-refractivity contribution in [3.63, 3.8) is 0 Å². The number of fused-ring (bicyclic) bond motifs is 1. The molecule has 0 spiro atoms. The Hall–Kier alpha value is -3.48. The van der Waals surface area contributed by atoms with E-state index in [0.29, 0.717) is 29.7 Å². The molecule has 1 aliphatic rings. The fourth-order valence-electron chi connectivity index (χ4n) is 3.01. The number of rotatable bonds is 7. The van der Waals surface area contributed by atoms with Gasteiger partial charge in [0.2, 0.25) is 12.7 Å². The minimum Gasteiger partial charge on any atom is -0.484 e. The van der Waals surface area contributed by atoms with Crippen molar-refractivity contribution in [2.45, 2.75) is 26.5 Å². The lowest BCUT2D eigenvalue weighted by atomic mass is 10.1. The first kappa shape index (κ1) is 18.9. The van der Waals surface area contributed by atoms with Gasteiger partial charge in [-0.15, -0.1) is 0 Å². The van der Waals surface area contributed by atoms with Crippen LogP contribution in [-0.4, -0.2) is 29.6 Å². The Bertz CT molecular complexity index is 997. The van der Waals surface area contributed by atoms with Crippen molar-refractivity contribution in [2.75, 3.05) is 13.8 Å². The van der Waals surface area contributed by atoms with Crippen LogP contribution in [0.3, 0.4) is 0 Å². The number of carbonyl (C=O) groups is 1. The zero-order valence-corrected chi connectivity index (χ0v) is 16.4. The van der Waals surface area contributed by atoms with E-state index in [1.54, 1.807) is 30.1 Å².